The molecule has 1 aromatic carbocycles. The van der Waals surface area contributed by atoms with E-state index >= 15 is 0 Å². The van der Waals surface area contributed by atoms with E-state index in [0.29, 0.717) is 5.92 Å². The molecule has 0 saturated carbocycles. The molecule has 21 heavy (non-hydrogen) atoms. The van der Waals surface area contributed by atoms with Crippen LogP contribution in [0.1, 0.15) is 34.7 Å². The zero-order valence-electron chi connectivity index (χ0n) is 12.6. The van der Waals surface area contributed by atoms with Crippen molar-refractivity contribution < 1.29 is 0 Å². The second-order valence-electron chi connectivity index (χ2n) is 6.04. The second kappa shape index (κ2) is 6.17. The Kier molecular flexibility index (Phi) is 4.27. The Morgan fingerprint density at radius 1 is 1.19 bits per heavy atom. The van der Waals surface area contributed by atoms with Gasteiger partial charge in [-0.25, -0.2) is 0 Å². The third kappa shape index (κ3) is 3.12. The number of hydrogen-bond donors (Lipinski definition) is 0. The number of rotatable bonds is 3. The Balaban J connectivity index is 2.06. The molecule has 2 nitrogen and oxygen atoms in total. The van der Waals surface area contributed by atoms with Crippen molar-refractivity contribution in [1.29, 1.82) is 0 Å². The number of halogens is 1. The first kappa shape index (κ1) is 14.6. The zero-order chi connectivity index (χ0) is 14.8. The molecule has 1 aliphatic rings. The van der Waals surface area contributed by atoms with Gasteiger partial charge in [-0.1, -0.05) is 23.7 Å². The molecule has 0 radical (unpaired) electrons. The molecule has 0 N–H and O–H groups in total. The Morgan fingerprint density at radius 2 is 2.00 bits per heavy atom. The number of aryl methyl sites for hydroxylation is 2. The van der Waals surface area contributed by atoms with E-state index in [1.54, 1.807) is 0 Å². The highest BCUT2D eigenvalue weighted by Crippen LogP contribution is 2.36. The summed E-state index contributed by atoms with van der Waals surface area (Å²) in [5.41, 5.74) is 5.41. The van der Waals surface area contributed by atoms with E-state index in [2.05, 4.69) is 37.2 Å². The lowest BCUT2D eigenvalue weighted by atomic mass is 9.89. The summed E-state index contributed by atoms with van der Waals surface area (Å²) in [5, 5.41) is 0.832. The van der Waals surface area contributed by atoms with Crippen molar-refractivity contribution >= 4 is 11.6 Å². The Morgan fingerprint density at radius 3 is 2.81 bits per heavy atom. The van der Waals surface area contributed by atoms with Gasteiger partial charge in [-0.15, -0.1) is 0 Å². The minimum Gasteiger partial charge on any atom is -0.309 e. The van der Waals surface area contributed by atoms with Gasteiger partial charge in [0.1, 0.15) is 0 Å². The molecule has 0 saturated heterocycles. The Bertz CT molecular complexity index is 637. The predicted octanol–water partition coefficient (Wildman–Crippen LogP) is 3.92. The normalized spacial score (nSPS) is 17.2. The van der Waals surface area contributed by atoms with E-state index < -0.39 is 0 Å². The Labute approximate surface area is 131 Å². The molecular formula is C18H21ClN2. The first-order chi connectivity index (χ1) is 10.1. The van der Waals surface area contributed by atoms with Crippen LogP contribution in [0, 0.1) is 0 Å². The molecule has 0 spiro atoms. The van der Waals surface area contributed by atoms with Crippen LogP contribution in [-0.4, -0.2) is 30.5 Å². The van der Waals surface area contributed by atoms with Crippen molar-refractivity contribution in [3.63, 3.8) is 0 Å². The van der Waals surface area contributed by atoms with Crippen LogP contribution < -0.4 is 0 Å². The van der Waals surface area contributed by atoms with Gasteiger partial charge in [-0.2, -0.15) is 0 Å². The monoisotopic (exact) mass is 300 g/mol. The quantitative estimate of drug-likeness (QED) is 0.854. The molecule has 110 valence electrons. The zero-order valence-corrected chi connectivity index (χ0v) is 13.4. The Hall–Kier alpha value is -1.38. The van der Waals surface area contributed by atoms with Gasteiger partial charge in [-0.3, -0.25) is 4.98 Å². The highest BCUT2D eigenvalue weighted by Gasteiger charge is 2.24. The summed E-state index contributed by atoms with van der Waals surface area (Å²) in [5.74, 6) is 0.373. The first-order valence-electron chi connectivity index (χ1n) is 7.52. The number of fused-ring (bicyclic) bond motifs is 2. The number of nitrogens with zero attached hydrogens (tertiary/aromatic N) is 2. The van der Waals surface area contributed by atoms with Gasteiger partial charge in [0.25, 0.3) is 0 Å². The van der Waals surface area contributed by atoms with Crippen LogP contribution in [0.3, 0.4) is 0 Å². The highest BCUT2D eigenvalue weighted by atomic mass is 35.5. The standard InChI is InChI=1S/C18H21ClN2/c1-21(2)11-9-17-16-8-7-15(19)12-14(16)6-5-13-4-3-10-20-18(13)17/h3-4,7-8,10,12,17H,5-6,9,11H2,1-2H3/t17-/m0/s1. The van der Waals surface area contributed by atoms with Gasteiger partial charge in [0.2, 0.25) is 0 Å². The van der Waals surface area contributed by atoms with Crippen LogP contribution in [0.25, 0.3) is 0 Å². The van der Waals surface area contributed by atoms with Gasteiger partial charge in [-0.05, 0) is 74.8 Å². The van der Waals surface area contributed by atoms with Crippen molar-refractivity contribution in [3.8, 4) is 0 Å². The fraction of sp³-hybridized carbons (Fsp3) is 0.389. The largest absolute Gasteiger partial charge is 0.309 e. The molecule has 0 amide bonds. The molecule has 1 aliphatic carbocycles. The minimum absolute atomic E-state index is 0.373. The van der Waals surface area contributed by atoms with Gasteiger partial charge in [0.15, 0.2) is 0 Å². The lowest BCUT2D eigenvalue weighted by molar-refractivity contribution is 0.389. The number of benzene rings is 1. The van der Waals surface area contributed by atoms with Crippen LogP contribution in [0.15, 0.2) is 36.5 Å². The summed E-state index contributed by atoms with van der Waals surface area (Å²) < 4.78 is 0. The number of aromatic nitrogens is 1. The average molecular weight is 301 g/mol. The average Bonchev–Trinajstić information content (AvgIpc) is 2.62. The van der Waals surface area contributed by atoms with E-state index in [1.807, 2.05) is 18.3 Å². The highest BCUT2D eigenvalue weighted by molar-refractivity contribution is 6.30. The molecule has 3 heteroatoms. The molecule has 3 rings (SSSR count). The maximum atomic E-state index is 6.19. The topological polar surface area (TPSA) is 16.1 Å². The summed E-state index contributed by atoms with van der Waals surface area (Å²) in [6.45, 7) is 1.06. The van der Waals surface area contributed by atoms with Crippen LogP contribution >= 0.6 is 11.6 Å². The molecule has 1 aromatic heterocycles. The van der Waals surface area contributed by atoms with Crippen molar-refractivity contribution in [2.24, 2.45) is 0 Å². The van der Waals surface area contributed by atoms with Crippen LogP contribution in [0.4, 0.5) is 0 Å². The third-order valence-corrected chi connectivity index (χ3v) is 4.50. The molecule has 0 unspecified atom stereocenters. The summed E-state index contributed by atoms with van der Waals surface area (Å²) in [7, 11) is 4.25. The molecular weight excluding hydrogens is 280 g/mol. The molecule has 2 aromatic rings. The molecule has 1 heterocycles. The van der Waals surface area contributed by atoms with E-state index in [9.17, 15) is 0 Å². The molecule has 0 aliphatic heterocycles. The summed E-state index contributed by atoms with van der Waals surface area (Å²) in [4.78, 5) is 6.95. The van der Waals surface area contributed by atoms with Crippen LogP contribution in [0.5, 0.6) is 0 Å². The number of pyridine rings is 1. The molecule has 0 bridgehead atoms. The predicted molar refractivity (Wildman–Crippen MR) is 88.1 cm³/mol. The van der Waals surface area contributed by atoms with Crippen molar-refractivity contribution in [1.82, 2.24) is 9.88 Å². The first-order valence-corrected chi connectivity index (χ1v) is 7.90. The van der Waals surface area contributed by atoms with Gasteiger partial charge in [0.05, 0.1) is 5.69 Å². The fourth-order valence-corrected chi connectivity index (χ4v) is 3.40. The SMILES string of the molecule is CN(C)CC[C@H]1c2ccc(Cl)cc2CCc2cccnc21. The number of hydrogen-bond acceptors (Lipinski definition) is 2. The minimum atomic E-state index is 0.373. The smallest absolute Gasteiger partial charge is 0.0510 e. The van der Waals surface area contributed by atoms with Crippen molar-refractivity contribution in [2.45, 2.75) is 25.2 Å². The second-order valence-corrected chi connectivity index (χ2v) is 6.47. The van der Waals surface area contributed by atoms with E-state index in [0.717, 1.165) is 30.8 Å². The van der Waals surface area contributed by atoms with Crippen molar-refractivity contribution in [3.05, 3.63) is 63.9 Å². The van der Waals surface area contributed by atoms with Crippen molar-refractivity contribution in [2.75, 3.05) is 20.6 Å². The summed E-state index contributed by atoms with van der Waals surface area (Å²) in [6.07, 6.45) is 5.11. The maximum absolute atomic E-state index is 6.19. The summed E-state index contributed by atoms with van der Waals surface area (Å²) in [6, 6.07) is 10.6. The lowest BCUT2D eigenvalue weighted by Gasteiger charge is -2.21. The third-order valence-electron chi connectivity index (χ3n) is 4.27. The summed E-state index contributed by atoms with van der Waals surface area (Å²) >= 11 is 6.19. The van der Waals surface area contributed by atoms with Gasteiger partial charge >= 0.3 is 0 Å². The van der Waals surface area contributed by atoms with Gasteiger partial charge < -0.3 is 4.90 Å². The van der Waals surface area contributed by atoms with Gasteiger partial charge in [0, 0.05) is 17.1 Å². The van der Waals surface area contributed by atoms with Crippen LogP contribution in [0.2, 0.25) is 5.02 Å². The fourth-order valence-electron chi connectivity index (χ4n) is 3.20. The van der Waals surface area contributed by atoms with Crippen LogP contribution in [-0.2, 0) is 12.8 Å². The maximum Gasteiger partial charge on any atom is 0.0510 e. The lowest BCUT2D eigenvalue weighted by Crippen LogP contribution is -2.17. The molecule has 0 fully saturated rings. The molecule has 1 atom stereocenters. The van der Waals surface area contributed by atoms with E-state index in [4.69, 9.17) is 16.6 Å². The van der Waals surface area contributed by atoms with E-state index in [1.165, 1.54) is 22.4 Å². The van der Waals surface area contributed by atoms with E-state index in [-0.39, 0.29) is 0 Å².